The molecule has 0 aliphatic rings. The molecule has 0 aliphatic carbocycles. The molecule has 0 atom stereocenters. The maximum atomic E-state index is 13.1. The van der Waals surface area contributed by atoms with Crippen LogP contribution in [-0.2, 0) is 9.84 Å². The fourth-order valence-electron chi connectivity index (χ4n) is 3.06. The largest absolute Gasteiger partial charge is 0.506 e. The SMILES string of the molecule is Cc1ccc(S(=O)(=O)c2cc(NC(=O)Nc3cccc(C)c3)c(C)c(C)c2O)cc1. The zero-order valence-electron chi connectivity index (χ0n) is 17.3. The van der Waals surface area contributed by atoms with Crippen molar-refractivity contribution in [2.75, 3.05) is 10.6 Å². The Hall–Kier alpha value is -3.32. The fourth-order valence-corrected chi connectivity index (χ4v) is 4.49. The first-order chi connectivity index (χ1) is 14.1. The number of urea groups is 1. The second-order valence-corrected chi connectivity index (χ2v) is 9.20. The molecule has 30 heavy (non-hydrogen) atoms. The number of aromatic hydroxyl groups is 1. The Morgan fingerprint density at radius 3 is 2.13 bits per heavy atom. The van der Waals surface area contributed by atoms with Crippen molar-refractivity contribution in [3.05, 3.63) is 76.9 Å². The molecule has 0 heterocycles. The maximum Gasteiger partial charge on any atom is 0.323 e. The minimum Gasteiger partial charge on any atom is -0.506 e. The van der Waals surface area contributed by atoms with Crippen LogP contribution in [0, 0.1) is 27.7 Å². The Kier molecular flexibility index (Phi) is 5.85. The van der Waals surface area contributed by atoms with E-state index in [0.29, 0.717) is 22.5 Å². The van der Waals surface area contributed by atoms with Crippen molar-refractivity contribution >= 4 is 27.2 Å². The normalized spacial score (nSPS) is 11.2. The molecule has 3 aromatic rings. The van der Waals surface area contributed by atoms with Crippen LogP contribution in [-0.4, -0.2) is 19.6 Å². The van der Waals surface area contributed by atoms with Crippen LogP contribution in [0.2, 0.25) is 0 Å². The van der Waals surface area contributed by atoms with Crippen molar-refractivity contribution in [3.63, 3.8) is 0 Å². The molecule has 3 aromatic carbocycles. The van der Waals surface area contributed by atoms with Gasteiger partial charge in [0.05, 0.1) is 4.90 Å². The molecule has 0 radical (unpaired) electrons. The van der Waals surface area contributed by atoms with Crippen molar-refractivity contribution in [1.82, 2.24) is 0 Å². The lowest BCUT2D eigenvalue weighted by Crippen LogP contribution is -2.20. The average Bonchev–Trinajstić information content (AvgIpc) is 2.68. The summed E-state index contributed by atoms with van der Waals surface area (Å²) in [5.74, 6) is -0.322. The second kappa shape index (κ2) is 8.20. The highest BCUT2D eigenvalue weighted by Gasteiger charge is 2.25. The number of benzene rings is 3. The van der Waals surface area contributed by atoms with E-state index in [1.165, 1.54) is 18.2 Å². The van der Waals surface area contributed by atoms with E-state index >= 15 is 0 Å². The first kappa shape index (κ1) is 21.4. The molecule has 0 spiro atoms. The number of hydrogen-bond acceptors (Lipinski definition) is 4. The van der Waals surface area contributed by atoms with Crippen LogP contribution in [0.5, 0.6) is 5.75 Å². The van der Waals surface area contributed by atoms with Crippen molar-refractivity contribution in [1.29, 1.82) is 0 Å². The lowest BCUT2D eigenvalue weighted by molar-refractivity contribution is 0.262. The molecule has 0 bridgehead atoms. The third kappa shape index (κ3) is 4.31. The summed E-state index contributed by atoms with van der Waals surface area (Å²) >= 11 is 0. The van der Waals surface area contributed by atoms with Gasteiger partial charge in [-0.3, -0.25) is 0 Å². The molecule has 0 aromatic heterocycles. The molecule has 0 saturated carbocycles. The molecule has 3 rings (SSSR count). The Bertz CT molecular complexity index is 1220. The van der Waals surface area contributed by atoms with E-state index in [1.807, 2.05) is 32.0 Å². The monoisotopic (exact) mass is 424 g/mol. The molecule has 3 N–H and O–H groups in total. The lowest BCUT2D eigenvalue weighted by atomic mass is 10.1. The minimum absolute atomic E-state index is 0.0711. The lowest BCUT2D eigenvalue weighted by Gasteiger charge is -2.16. The maximum absolute atomic E-state index is 13.1. The molecule has 0 aliphatic heterocycles. The number of nitrogens with one attached hydrogen (secondary N) is 2. The number of anilines is 2. The Labute approximate surface area is 176 Å². The van der Waals surface area contributed by atoms with E-state index in [-0.39, 0.29) is 15.5 Å². The van der Waals surface area contributed by atoms with E-state index < -0.39 is 15.9 Å². The third-order valence-corrected chi connectivity index (χ3v) is 6.76. The van der Waals surface area contributed by atoms with Crippen LogP contribution in [0.4, 0.5) is 16.2 Å². The summed E-state index contributed by atoms with van der Waals surface area (Å²) in [6.07, 6.45) is 0. The fraction of sp³-hybridized carbons (Fsp3) is 0.174. The van der Waals surface area contributed by atoms with Crippen molar-refractivity contribution < 1.29 is 18.3 Å². The highest BCUT2D eigenvalue weighted by Crippen LogP contribution is 2.37. The van der Waals surface area contributed by atoms with Gasteiger partial charge >= 0.3 is 6.03 Å². The topological polar surface area (TPSA) is 95.5 Å². The standard InChI is InChI=1S/C23H24N2O4S/c1-14-8-10-19(11-9-14)30(28,29)21-13-20(16(3)17(4)22(21)26)25-23(27)24-18-7-5-6-15(2)12-18/h5-13,26H,1-4H3,(H2,24,25,27). The number of sulfone groups is 1. The van der Waals surface area contributed by atoms with Crippen LogP contribution in [0.15, 0.2) is 64.4 Å². The highest BCUT2D eigenvalue weighted by molar-refractivity contribution is 7.91. The van der Waals surface area contributed by atoms with E-state index in [0.717, 1.165) is 11.1 Å². The predicted octanol–water partition coefficient (Wildman–Crippen LogP) is 5.10. The van der Waals surface area contributed by atoms with Gasteiger partial charge in [-0.2, -0.15) is 0 Å². The van der Waals surface area contributed by atoms with Gasteiger partial charge in [-0.15, -0.1) is 0 Å². The average molecular weight is 425 g/mol. The summed E-state index contributed by atoms with van der Waals surface area (Å²) in [5, 5.41) is 16.0. The summed E-state index contributed by atoms with van der Waals surface area (Å²) in [7, 11) is -3.97. The van der Waals surface area contributed by atoms with Gasteiger partial charge in [0.1, 0.15) is 10.6 Å². The van der Waals surface area contributed by atoms with Crippen LogP contribution in [0.3, 0.4) is 0 Å². The summed E-state index contributed by atoms with van der Waals surface area (Å²) in [6, 6.07) is 14.5. The van der Waals surface area contributed by atoms with E-state index in [2.05, 4.69) is 10.6 Å². The molecular weight excluding hydrogens is 400 g/mol. The summed E-state index contributed by atoms with van der Waals surface area (Å²) < 4.78 is 26.2. The molecular formula is C23H24N2O4S. The van der Waals surface area contributed by atoms with Gasteiger partial charge in [-0.05, 0) is 74.7 Å². The number of carbonyl (C=O) groups excluding carboxylic acids is 1. The van der Waals surface area contributed by atoms with Crippen LogP contribution < -0.4 is 10.6 Å². The zero-order valence-corrected chi connectivity index (χ0v) is 18.1. The number of rotatable bonds is 4. The van der Waals surface area contributed by atoms with E-state index in [1.54, 1.807) is 32.0 Å². The quantitative estimate of drug-likeness (QED) is 0.508. The van der Waals surface area contributed by atoms with Gasteiger partial charge in [0.2, 0.25) is 9.84 Å². The first-order valence-electron chi connectivity index (χ1n) is 9.39. The van der Waals surface area contributed by atoms with Gasteiger partial charge in [0, 0.05) is 11.4 Å². The first-order valence-corrected chi connectivity index (χ1v) is 10.9. The molecule has 0 fully saturated rings. The molecule has 156 valence electrons. The zero-order chi connectivity index (χ0) is 22.1. The van der Waals surface area contributed by atoms with E-state index in [4.69, 9.17) is 0 Å². The second-order valence-electron chi connectivity index (χ2n) is 7.29. The van der Waals surface area contributed by atoms with Gasteiger partial charge in [0.15, 0.2) is 0 Å². The Balaban J connectivity index is 1.97. The summed E-state index contributed by atoms with van der Waals surface area (Å²) in [6.45, 7) is 7.10. The Morgan fingerprint density at radius 2 is 1.50 bits per heavy atom. The van der Waals surface area contributed by atoms with Crippen molar-refractivity contribution in [3.8, 4) is 5.75 Å². The predicted molar refractivity (Wildman–Crippen MR) is 118 cm³/mol. The van der Waals surface area contributed by atoms with Crippen LogP contribution in [0.1, 0.15) is 22.3 Å². The number of aryl methyl sites for hydroxylation is 2. The summed E-state index contributed by atoms with van der Waals surface area (Å²) in [4.78, 5) is 12.3. The van der Waals surface area contributed by atoms with Gasteiger partial charge in [0.25, 0.3) is 0 Å². The van der Waals surface area contributed by atoms with Crippen molar-refractivity contribution in [2.24, 2.45) is 0 Å². The minimum atomic E-state index is -3.97. The molecule has 6 nitrogen and oxygen atoms in total. The van der Waals surface area contributed by atoms with Crippen molar-refractivity contribution in [2.45, 2.75) is 37.5 Å². The summed E-state index contributed by atoms with van der Waals surface area (Å²) in [5.41, 5.74) is 3.81. The molecule has 2 amide bonds. The number of amides is 2. The number of phenolic OH excluding ortho intramolecular Hbond substituents is 1. The van der Waals surface area contributed by atoms with Gasteiger partial charge in [-0.1, -0.05) is 29.8 Å². The highest BCUT2D eigenvalue weighted by atomic mass is 32.2. The van der Waals surface area contributed by atoms with Gasteiger partial charge < -0.3 is 15.7 Å². The molecule has 0 unspecified atom stereocenters. The number of carbonyl (C=O) groups is 1. The van der Waals surface area contributed by atoms with Crippen LogP contribution >= 0.6 is 0 Å². The number of hydrogen-bond donors (Lipinski definition) is 3. The third-order valence-electron chi connectivity index (χ3n) is 4.98. The number of phenols is 1. The smallest absolute Gasteiger partial charge is 0.323 e. The molecule has 0 saturated heterocycles. The van der Waals surface area contributed by atoms with Crippen LogP contribution in [0.25, 0.3) is 0 Å². The Morgan fingerprint density at radius 1 is 0.833 bits per heavy atom. The van der Waals surface area contributed by atoms with Gasteiger partial charge in [-0.25, -0.2) is 13.2 Å². The van der Waals surface area contributed by atoms with E-state index in [9.17, 15) is 18.3 Å². The molecule has 7 heteroatoms.